The fourth-order valence-electron chi connectivity index (χ4n) is 22.9. The maximum atomic E-state index is 2.47. The minimum Gasteiger partial charge on any atom is -0.309 e. The molecule has 0 aliphatic heterocycles. The topological polar surface area (TPSA) is 29.6 Å². The molecule has 0 radical (unpaired) electrons. The molecule has 29 aromatic rings. The van der Waals surface area contributed by atoms with Crippen molar-refractivity contribution in [2.45, 2.75) is 7.43 Å². The number of hydrogen-bond acceptors (Lipinski definition) is 0. The van der Waals surface area contributed by atoms with Crippen LogP contribution in [0, 0.1) is 0 Å². The first-order chi connectivity index (χ1) is 71.5. The van der Waals surface area contributed by atoms with Gasteiger partial charge >= 0.3 is 0 Å². The molecule has 23 aromatic carbocycles. The van der Waals surface area contributed by atoms with Crippen molar-refractivity contribution in [1.29, 1.82) is 0 Å². The zero-order valence-corrected chi connectivity index (χ0v) is 78.8. The van der Waals surface area contributed by atoms with Gasteiger partial charge in [0.25, 0.3) is 0 Å². The predicted octanol–water partition coefficient (Wildman–Crippen LogP) is 37.6. The van der Waals surface area contributed by atoms with E-state index in [2.05, 4.69) is 586 Å². The minimum atomic E-state index is 0. The van der Waals surface area contributed by atoms with Crippen molar-refractivity contribution in [3.8, 4) is 123 Å². The third-order valence-electron chi connectivity index (χ3n) is 29.2. The first kappa shape index (κ1) is 86.2. The molecule has 0 aliphatic rings. The molecule has 6 nitrogen and oxygen atoms in total. The molecule has 0 saturated heterocycles. The molecule has 0 fully saturated rings. The van der Waals surface area contributed by atoms with E-state index in [1.54, 1.807) is 0 Å². The summed E-state index contributed by atoms with van der Waals surface area (Å²) in [6.07, 6.45) is 0. The third kappa shape index (κ3) is 14.7. The van der Waals surface area contributed by atoms with Crippen LogP contribution in [-0.2, 0) is 0 Å². The van der Waals surface area contributed by atoms with Crippen LogP contribution in [0.2, 0.25) is 0 Å². The summed E-state index contributed by atoms with van der Waals surface area (Å²) < 4.78 is 14.5. The van der Waals surface area contributed by atoms with E-state index >= 15 is 0 Å². The van der Waals surface area contributed by atoms with E-state index in [4.69, 9.17) is 0 Å². The van der Waals surface area contributed by atoms with E-state index in [1.165, 1.54) is 248 Å². The van der Waals surface area contributed by atoms with E-state index in [1.807, 2.05) is 0 Å². The first-order valence-electron chi connectivity index (χ1n) is 49.5. The lowest BCUT2D eigenvalue weighted by atomic mass is 9.93. The molecule has 0 unspecified atom stereocenters. The van der Waals surface area contributed by atoms with Gasteiger partial charge in [0.2, 0.25) is 0 Å². The van der Waals surface area contributed by atoms with Crippen LogP contribution >= 0.6 is 0 Å². The van der Waals surface area contributed by atoms with Gasteiger partial charge in [0, 0.05) is 115 Å². The molecule has 0 amide bonds. The molecule has 29 rings (SSSR count). The Balaban J connectivity index is 0.000000111. The van der Waals surface area contributed by atoms with E-state index in [0.717, 1.165) is 5.69 Å². The van der Waals surface area contributed by atoms with Gasteiger partial charge in [0.1, 0.15) is 0 Å². The summed E-state index contributed by atoms with van der Waals surface area (Å²) in [5.41, 5.74) is 40.8. The van der Waals surface area contributed by atoms with Gasteiger partial charge in [0.05, 0.1) is 83.3 Å². The Morgan fingerprint density at radius 1 is 0.103 bits per heavy atom. The van der Waals surface area contributed by atoms with Crippen LogP contribution in [-0.4, -0.2) is 27.4 Å². The maximum absolute atomic E-state index is 2.47. The summed E-state index contributed by atoms with van der Waals surface area (Å²) in [5.74, 6) is 0. The van der Waals surface area contributed by atoms with Crippen LogP contribution in [0.3, 0.4) is 0 Å². The molecule has 682 valence electrons. The molecular weight excluding hydrogens is 1750 g/mol. The lowest BCUT2D eigenvalue weighted by Crippen LogP contribution is -2.01. The minimum absolute atomic E-state index is 0. The van der Waals surface area contributed by atoms with Gasteiger partial charge in [0.15, 0.2) is 0 Å². The Morgan fingerprint density at radius 2 is 0.290 bits per heavy atom. The Hall–Kier alpha value is -19.1. The Labute approximate surface area is 840 Å². The van der Waals surface area contributed by atoms with Gasteiger partial charge < -0.3 is 27.4 Å². The Kier molecular flexibility index (Phi) is 21.7. The molecule has 0 N–H and O–H groups in total. The standard InChI is InChI=1S/2C48H32N2.C42H28N2.CH4/c1-3-14-34(15-4-1)38-21-13-22-39(48(38)50-45-24-11-7-18-40(45)41-19-8-12-25-46(41)50)35-28-26-33(27-29-35)36-30-31-47-43(32-36)42-20-9-10-23-44(42)49(47)37-16-5-2-6-17-37;1-3-15-33(16-4-1)38-23-13-24-39(48(38)50-43-25-10-7-19-40(43)41-20-8-11-26-44(41)50)35-31-29-34(30-32-35)37-22-14-28-46-47(37)42-21-9-12-27-45(42)49(46)36-17-5-2-6-18-36;1-2-13-29(14-3-1)32-19-12-20-33(42(32)44-40-23-10-6-17-36(40)37-18-7-11-24-41(37)44)30-25-27-31(28-26-30)43-38-21-8-4-15-34(38)35-16-5-9-22-39(35)43;/h2*1-32H;1-28H;1H4. The molecule has 6 heterocycles. The number of hydrogen-bond donors (Lipinski definition) is 0. The lowest BCUT2D eigenvalue weighted by molar-refractivity contribution is 1.17. The van der Waals surface area contributed by atoms with Crippen LogP contribution in [0.15, 0.2) is 558 Å². The lowest BCUT2D eigenvalue weighted by Gasteiger charge is -2.19. The first-order valence-corrected chi connectivity index (χ1v) is 49.5. The number of nitrogens with zero attached hydrogens (tertiary/aromatic N) is 6. The number of para-hydroxylation sites is 15. The highest BCUT2D eigenvalue weighted by Crippen LogP contribution is 2.49. The van der Waals surface area contributed by atoms with Crippen LogP contribution in [0.1, 0.15) is 7.43 Å². The summed E-state index contributed by atoms with van der Waals surface area (Å²) in [6.45, 7) is 0. The smallest absolute Gasteiger partial charge is 0.0618 e. The second kappa shape index (κ2) is 36.6. The van der Waals surface area contributed by atoms with Crippen molar-refractivity contribution in [1.82, 2.24) is 27.4 Å². The summed E-state index contributed by atoms with van der Waals surface area (Å²) in [7, 11) is 0. The quantitative estimate of drug-likeness (QED) is 0.104. The molecule has 0 spiro atoms. The van der Waals surface area contributed by atoms with Gasteiger partial charge in [-0.15, -0.1) is 0 Å². The van der Waals surface area contributed by atoms with Gasteiger partial charge in [-0.1, -0.05) is 450 Å². The number of rotatable bonds is 14. The molecule has 145 heavy (non-hydrogen) atoms. The van der Waals surface area contributed by atoms with Gasteiger partial charge in [-0.3, -0.25) is 0 Å². The Morgan fingerprint density at radius 3 is 0.600 bits per heavy atom. The Bertz CT molecular complexity index is 9760. The largest absolute Gasteiger partial charge is 0.309 e. The SMILES string of the molecule is C.c1ccc(-c2cccc(-c3ccc(-c4ccc5c(c4)c4ccccc4n5-c4ccccc4)cc3)c2-n2c3ccccc3c3ccccc32)cc1.c1ccc(-c2cccc(-c3ccc(-c4cccc5c4c4ccccc4n5-c4ccccc4)cc3)c2-n2c3ccccc3c3ccccc32)cc1.c1ccc(-c2cccc(-c3ccc(-n4c5ccccc5c5ccccc54)cc3)c2-n2c3ccccc3c3ccccc32)cc1. The summed E-state index contributed by atoms with van der Waals surface area (Å²) in [4.78, 5) is 0. The van der Waals surface area contributed by atoms with E-state index in [-0.39, 0.29) is 7.43 Å². The van der Waals surface area contributed by atoms with Gasteiger partial charge in [-0.05, 0) is 171 Å². The van der Waals surface area contributed by atoms with Crippen LogP contribution < -0.4 is 0 Å². The van der Waals surface area contributed by atoms with E-state index in [9.17, 15) is 0 Å². The summed E-state index contributed by atoms with van der Waals surface area (Å²) in [5, 5.41) is 15.2. The van der Waals surface area contributed by atoms with Crippen molar-refractivity contribution in [2.75, 3.05) is 0 Å². The third-order valence-corrected chi connectivity index (χ3v) is 29.2. The highest BCUT2D eigenvalue weighted by atomic mass is 15.0. The highest BCUT2D eigenvalue weighted by Gasteiger charge is 2.27. The monoisotopic (exact) mass is 1850 g/mol. The average molecular weight is 1850 g/mol. The van der Waals surface area contributed by atoms with Crippen LogP contribution in [0.5, 0.6) is 0 Å². The molecule has 6 aromatic heterocycles. The molecule has 6 heteroatoms. The van der Waals surface area contributed by atoms with E-state index in [0.29, 0.717) is 0 Å². The highest BCUT2D eigenvalue weighted by molar-refractivity contribution is 6.18. The molecule has 0 aliphatic carbocycles. The molecule has 0 atom stereocenters. The number of benzene rings is 23. The second-order valence-electron chi connectivity index (χ2n) is 37.2. The van der Waals surface area contributed by atoms with E-state index < -0.39 is 0 Å². The normalized spacial score (nSPS) is 11.5. The van der Waals surface area contributed by atoms with Crippen LogP contribution in [0.4, 0.5) is 0 Å². The van der Waals surface area contributed by atoms with Crippen LogP contribution in [0.25, 0.3) is 254 Å². The number of fused-ring (bicyclic) bond motifs is 18. The predicted molar refractivity (Wildman–Crippen MR) is 616 cm³/mol. The van der Waals surface area contributed by atoms with Crippen molar-refractivity contribution < 1.29 is 0 Å². The molecule has 0 bridgehead atoms. The van der Waals surface area contributed by atoms with Crippen molar-refractivity contribution >= 4 is 131 Å². The zero-order valence-electron chi connectivity index (χ0n) is 78.8. The second-order valence-corrected chi connectivity index (χ2v) is 37.2. The van der Waals surface area contributed by atoms with Crippen molar-refractivity contribution in [3.05, 3.63) is 558 Å². The van der Waals surface area contributed by atoms with Crippen molar-refractivity contribution in [3.63, 3.8) is 0 Å². The fourth-order valence-corrected chi connectivity index (χ4v) is 22.9. The molecule has 0 saturated carbocycles. The average Bonchev–Trinajstić information content (AvgIpc) is 1.59. The zero-order chi connectivity index (χ0) is 95.1. The fraction of sp³-hybridized carbons (Fsp3) is 0.00719. The van der Waals surface area contributed by atoms with Crippen molar-refractivity contribution in [2.24, 2.45) is 0 Å². The summed E-state index contributed by atoms with van der Waals surface area (Å²) in [6, 6.07) is 202. The van der Waals surface area contributed by atoms with Gasteiger partial charge in [-0.25, -0.2) is 0 Å². The maximum Gasteiger partial charge on any atom is 0.0618 e. The van der Waals surface area contributed by atoms with Gasteiger partial charge in [-0.2, -0.15) is 0 Å². The summed E-state index contributed by atoms with van der Waals surface area (Å²) >= 11 is 0. The number of aromatic nitrogens is 6. The molecular formula is C139H96N6.